The van der Waals surface area contributed by atoms with Crippen LogP contribution in [0, 0.1) is 0 Å². The van der Waals surface area contributed by atoms with Crippen LogP contribution >= 0.6 is 0 Å². The molecule has 3 rings (SSSR count). The van der Waals surface area contributed by atoms with E-state index < -0.39 is 0 Å². The van der Waals surface area contributed by atoms with E-state index in [1.165, 1.54) is 0 Å². The standard InChI is InChI=1S/C13H16N4O/c1-8(2)17-7-9(6-14-17)12-15-11-5-3-4-10(11)13(18)16-12/h6-8H,3-5H2,1-2H3,(H,15,16,18). The minimum absolute atomic E-state index is 0.00444. The molecule has 94 valence electrons. The number of aryl methyl sites for hydroxylation is 1. The molecule has 0 atom stereocenters. The van der Waals surface area contributed by atoms with Crippen LogP contribution in [0.4, 0.5) is 0 Å². The summed E-state index contributed by atoms with van der Waals surface area (Å²) in [5.41, 5.74) is 2.68. The second-order valence-corrected chi connectivity index (χ2v) is 5.00. The van der Waals surface area contributed by atoms with Gasteiger partial charge in [0, 0.05) is 17.8 Å². The summed E-state index contributed by atoms with van der Waals surface area (Å²) in [4.78, 5) is 19.3. The lowest BCUT2D eigenvalue weighted by Gasteiger charge is -2.03. The molecule has 1 aliphatic rings. The third-order valence-electron chi connectivity index (χ3n) is 3.35. The molecular weight excluding hydrogens is 228 g/mol. The number of hydrogen-bond donors (Lipinski definition) is 1. The molecule has 0 bridgehead atoms. The molecule has 18 heavy (non-hydrogen) atoms. The maximum absolute atomic E-state index is 11.9. The van der Waals surface area contributed by atoms with E-state index in [9.17, 15) is 4.79 Å². The van der Waals surface area contributed by atoms with Crippen molar-refractivity contribution in [2.75, 3.05) is 0 Å². The zero-order chi connectivity index (χ0) is 12.7. The molecule has 0 aliphatic heterocycles. The fourth-order valence-electron chi connectivity index (χ4n) is 2.32. The maximum atomic E-state index is 11.9. The molecule has 0 fully saturated rings. The van der Waals surface area contributed by atoms with E-state index in [2.05, 4.69) is 28.9 Å². The van der Waals surface area contributed by atoms with Crippen LogP contribution in [0.25, 0.3) is 11.4 Å². The van der Waals surface area contributed by atoms with Crippen LogP contribution < -0.4 is 5.56 Å². The van der Waals surface area contributed by atoms with Gasteiger partial charge in [-0.3, -0.25) is 9.48 Å². The molecule has 0 spiro atoms. The SMILES string of the molecule is CC(C)n1cc(-c2nc3c(c(=O)[nH]2)CCC3)cn1. The molecule has 2 heterocycles. The topological polar surface area (TPSA) is 63.6 Å². The molecular formula is C13H16N4O. The summed E-state index contributed by atoms with van der Waals surface area (Å²) in [6.07, 6.45) is 6.46. The summed E-state index contributed by atoms with van der Waals surface area (Å²) in [6.45, 7) is 4.13. The highest BCUT2D eigenvalue weighted by atomic mass is 16.1. The van der Waals surface area contributed by atoms with Gasteiger partial charge in [0.25, 0.3) is 5.56 Å². The Morgan fingerprint density at radius 1 is 1.39 bits per heavy atom. The van der Waals surface area contributed by atoms with Crippen LogP contribution in [0.5, 0.6) is 0 Å². The third-order valence-corrected chi connectivity index (χ3v) is 3.35. The van der Waals surface area contributed by atoms with Crippen molar-refractivity contribution in [2.45, 2.75) is 39.2 Å². The molecule has 2 aromatic rings. The van der Waals surface area contributed by atoms with Crippen molar-refractivity contribution in [3.63, 3.8) is 0 Å². The molecule has 0 amide bonds. The Balaban J connectivity index is 2.06. The highest BCUT2D eigenvalue weighted by Gasteiger charge is 2.18. The minimum atomic E-state index is 0.00444. The summed E-state index contributed by atoms with van der Waals surface area (Å²) < 4.78 is 1.86. The van der Waals surface area contributed by atoms with E-state index in [1.54, 1.807) is 6.20 Å². The predicted octanol–water partition coefficient (Wildman–Crippen LogP) is 1.70. The third kappa shape index (κ3) is 1.75. The highest BCUT2D eigenvalue weighted by molar-refractivity contribution is 5.52. The summed E-state index contributed by atoms with van der Waals surface area (Å²) in [5, 5.41) is 4.27. The van der Waals surface area contributed by atoms with Gasteiger partial charge < -0.3 is 4.98 Å². The van der Waals surface area contributed by atoms with Gasteiger partial charge in [-0.15, -0.1) is 0 Å². The van der Waals surface area contributed by atoms with Crippen LogP contribution in [-0.4, -0.2) is 19.7 Å². The van der Waals surface area contributed by atoms with Gasteiger partial charge >= 0.3 is 0 Å². The smallest absolute Gasteiger partial charge is 0.254 e. The molecule has 0 aromatic carbocycles. The first kappa shape index (κ1) is 11.2. The van der Waals surface area contributed by atoms with Crippen molar-refractivity contribution in [1.29, 1.82) is 0 Å². The summed E-state index contributed by atoms with van der Waals surface area (Å²) in [5.74, 6) is 0.632. The van der Waals surface area contributed by atoms with Gasteiger partial charge in [-0.05, 0) is 33.1 Å². The lowest BCUT2D eigenvalue weighted by molar-refractivity contribution is 0.532. The quantitative estimate of drug-likeness (QED) is 0.874. The van der Waals surface area contributed by atoms with E-state index in [1.807, 2.05) is 10.9 Å². The molecule has 0 saturated carbocycles. The Bertz CT molecular complexity index is 639. The zero-order valence-electron chi connectivity index (χ0n) is 10.6. The Kier molecular flexibility index (Phi) is 2.54. The lowest BCUT2D eigenvalue weighted by Crippen LogP contribution is -2.15. The van der Waals surface area contributed by atoms with Gasteiger partial charge in [-0.2, -0.15) is 5.10 Å². The van der Waals surface area contributed by atoms with Crippen LogP contribution in [0.2, 0.25) is 0 Å². The fraction of sp³-hybridized carbons (Fsp3) is 0.462. The monoisotopic (exact) mass is 244 g/mol. The van der Waals surface area contributed by atoms with Gasteiger partial charge in [0.1, 0.15) is 5.82 Å². The number of rotatable bonds is 2. The molecule has 0 saturated heterocycles. The van der Waals surface area contributed by atoms with Crippen LogP contribution in [0.3, 0.4) is 0 Å². The maximum Gasteiger partial charge on any atom is 0.254 e. The van der Waals surface area contributed by atoms with Crippen molar-refractivity contribution in [3.05, 3.63) is 34.0 Å². The Morgan fingerprint density at radius 2 is 2.22 bits per heavy atom. The van der Waals surface area contributed by atoms with Crippen LogP contribution in [-0.2, 0) is 12.8 Å². The second kappa shape index (κ2) is 4.08. The van der Waals surface area contributed by atoms with E-state index >= 15 is 0 Å². The van der Waals surface area contributed by atoms with E-state index in [-0.39, 0.29) is 5.56 Å². The van der Waals surface area contributed by atoms with Crippen LogP contribution in [0.1, 0.15) is 37.6 Å². The average Bonchev–Trinajstić information content (AvgIpc) is 2.97. The van der Waals surface area contributed by atoms with Gasteiger partial charge in [0.2, 0.25) is 0 Å². The van der Waals surface area contributed by atoms with E-state index in [0.29, 0.717) is 11.9 Å². The first-order valence-electron chi connectivity index (χ1n) is 6.32. The Morgan fingerprint density at radius 3 is 2.94 bits per heavy atom. The second-order valence-electron chi connectivity index (χ2n) is 5.00. The van der Waals surface area contributed by atoms with Crippen molar-refractivity contribution in [2.24, 2.45) is 0 Å². The number of fused-ring (bicyclic) bond motifs is 1. The largest absolute Gasteiger partial charge is 0.306 e. The van der Waals surface area contributed by atoms with Gasteiger partial charge in [-0.25, -0.2) is 4.98 Å². The molecule has 2 aromatic heterocycles. The first-order chi connectivity index (χ1) is 8.65. The number of aromatic amines is 1. The van der Waals surface area contributed by atoms with Crippen molar-refractivity contribution < 1.29 is 0 Å². The Hall–Kier alpha value is -1.91. The van der Waals surface area contributed by atoms with Gasteiger partial charge in [0.15, 0.2) is 0 Å². The minimum Gasteiger partial charge on any atom is -0.306 e. The summed E-state index contributed by atoms with van der Waals surface area (Å²) in [7, 11) is 0. The van der Waals surface area contributed by atoms with Crippen molar-refractivity contribution in [3.8, 4) is 11.4 Å². The number of nitrogens with zero attached hydrogens (tertiary/aromatic N) is 3. The van der Waals surface area contributed by atoms with Crippen molar-refractivity contribution >= 4 is 0 Å². The van der Waals surface area contributed by atoms with Crippen molar-refractivity contribution in [1.82, 2.24) is 19.7 Å². The molecule has 5 heteroatoms. The number of H-pyrrole nitrogens is 1. The van der Waals surface area contributed by atoms with E-state index in [0.717, 1.165) is 36.1 Å². The summed E-state index contributed by atoms with van der Waals surface area (Å²) in [6, 6.07) is 0.305. The first-order valence-corrected chi connectivity index (χ1v) is 6.32. The predicted molar refractivity (Wildman–Crippen MR) is 68.5 cm³/mol. The molecule has 5 nitrogen and oxygen atoms in total. The number of hydrogen-bond acceptors (Lipinski definition) is 3. The molecule has 0 radical (unpaired) electrons. The lowest BCUT2D eigenvalue weighted by atomic mass is 10.2. The zero-order valence-corrected chi connectivity index (χ0v) is 10.6. The van der Waals surface area contributed by atoms with E-state index in [4.69, 9.17) is 0 Å². The number of aromatic nitrogens is 4. The fourth-order valence-corrected chi connectivity index (χ4v) is 2.32. The molecule has 1 aliphatic carbocycles. The molecule has 1 N–H and O–H groups in total. The van der Waals surface area contributed by atoms with Gasteiger partial charge in [-0.1, -0.05) is 0 Å². The normalized spacial score (nSPS) is 14.2. The number of nitrogens with one attached hydrogen (secondary N) is 1. The highest BCUT2D eigenvalue weighted by Crippen LogP contribution is 2.20. The Labute approximate surface area is 105 Å². The molecule has 0 unspecified atom stereocenters. The van der Waals surface area contributed by atoms with Gasteiger partial charge in [0.05, 0.1) is 17.5 Å². The summed E-state index contributed by atoms with van der Waals surface area (Å²) >= 11 is 0. The van der Waals surface area contributed by atoms with Crippen LogP contribution in [0.15, 0.2) is 17.2 Å². The average molecular weight is 244 g/mol.